The molecular formula is C17H14F2N6. The Morgan fingerprint density at radius 1 is 1.04 bits per heavy atom. The number of rotatable bonds is 3. The summed E-state index contributed by atoms with van der Waals surface area (Å²) in [6.45, 7) is 4.00. The summed E-state index contributed by atoms with van der Waals surface area (Å²) in [4.78, 5) is 0. The molecular weight excluding hydrogens is 326 g/mol. The molecule has 126 valence electrons. The molecule has 4 aromatic rings. The highest BCUT2D eigenvalue weighted by Gasteiger charge is 2.17. The van der Waals surface area contributed by atoms with Crippen LogP contribution in [0.25, 0.3) is 28.2 Å². The summed E-state index contributed by atoms with van der Waals surface area (Å²) in [6, 6.07) is 6.98. The molecule has 0 aliphatic rings. The van der Waals surface area contributed by atoms with E-state index < -0.39 is 11.6 Å². The molecule has 8 heteroatoms. The average molecular weight is 340 g/mol. The number of halogens is 2. The van der Waals surface area contributed by atoms with Crippen LogP contribution in [0.4, 0.5) is 8.78 Å². The molecule has 0 bridgehead atoms. The number of aromatic nitrogens is 6. The van der Waals surface area contributed by atoms with Gasteiger partial charge in [0.05, 0.1) is 17.6 Å². The van der Waals surface area contributed by atoms with Crippen molar-refractivity contribution >= 4 is 5.65 Å². The summed E-state index contributed by atoms with van der Waals surface area (Å²) >= 11 is 0. The second-order valence-corrected chi connectivity index (χ2v) is 5.98. The van der Waals surface area contributed by atoms with Crippen molar-refractivity contribution in [2.45, 2.75) is 19.8 Å². The monoisotopic (exact) mass is 340 g/mol. The molecule has 6 nitrogen and oxygen atoms in total. The molecule has 0 saturated heterocycles. The lowest BCUT2D eigenvalue weighted by molar-refractivity contribution is 0.585. The van der Waals surface area contributed by atoms with Gasteiger partial charge in [-0.2, -0.15) is 14.7 Å². The number of hydrogen-bond acceptors (Lipinski definition) is 4. The van der Waals surface area contributed by atoms with Gasteiger partial charge >= 0.3 is 0 Å². The topological polar surface area (TPSA) is 71.8 Å². The molecule has 25 heavy (non-hydrogen) atoms. The third-order valence-corrected chi connectivity index (χ3v) is 3.92. The Balaban J connectivity index is 1.87. The van der Waals surface area contributed by atoms with Crippen LogP contribution in [0.2, 0.25) is 0 Å². The maximum Gasteiger partial charge on any atom is 0.177 e. The lowest BCUT2D eigenvalue weighted by Crippen LogP contribution is -2.02. The van der Waals surface area contributed by atoms with Crippen molar-refractivity contribution in [2.75, 3.05) is 0 Å². The molecule has 0 aliphatic heterocycles. The molecule has 0 amide bonds. The minimum atomic E-state index is -0.668. The van der Waals surface area contributed by atoms with Crippen LogP contribution in [0.15, 0.2) is 36.5 Å². The molecule has 1 N–H and O–H groups in total. The molecule has 1 aromatic carbocycles. The van der Waals surface area contributed by atoms with Crippen LogP contribution < -0.4 is 0 Å². The van der Waals surface area contributed by atoms with Crippen LogP contribution in [0.1, 0.15) is 25.6 Å². The van der Waals surface area contributed by atoms with Crippen LogP contribution in [-0.4, -0.2) is 30.0 Å². The SMILES string of the molecule is CC(C)c1nnc2ccc(-c3cn[nH]c3-c3ccc(F)cc3F)nn12. The fourth-order valence-electron chi connectivity index (χ4n) is 2.69. The van der Waals surface area contributed by atoms with Crippen LogP contribution in [0, 0.1) is 11.6 Å². The van der Waals surface area contributed by atoms with Crippen molar-refractivity contribution in [1.29, 1.82) is 0 Å². The first-order chi connectivity index (χ1) is 12.0. The Kier molecular flexibility index (Phi) is 3.52. The van der Waals surface area contributed by atoms with Crippen LogP contribution >= 0.6 is 0 Å². The maximum absolute atomic E-state index is 14.1. The van der Waals surface area contributed by atoms with E-state index in [4.69, 9.17) is 0 Å². The third-order valence-electron chi connectivity index (χ3n) is 3.92. The molecule has 0 radical (unpaired) electrons. The predicted molar refractivity (Wildman–Crippen MR) is 87.8 cm³/mol. The summed E-state index contributed by atoms with van der Waals surface area (Å²) in [5.41, 5.74) is 2.48. The fourth-order valence-corrected chi connectivity index (χ4v) is 2.69. The van der Waals surface area contributed by atoms with Gasteiger partial charge in [-0.05, 0) is 24.3 Å². The first kappa shape index (κ1) is 15.4. The van der Waals surface area contributed by atoms with Gasteiger partial charge in [-0.25, -0.2) is 8.78 Å². The first-order valence-electron chi connectivity index (χ1n) is 7.76. The molecule has 4 rings (SSSR count). The summed E-state index contributed by atoms with van der Waals surface area (Å²) in [5.74, 6) is -0.419. The minimum Gasteiger partial charge on any atom is -0.277 e. The third kappa shape index (κ3) is 2.55. The first-order valence-corrected chi connectivity index (χ1v) is 7.76. The summed E-state index contributed by atoms with van der Waals surface area (Å²) in [5, 5.41) is 19.6. The van der Waals surface area contributed by atoms with Crippen molar-refractivity contribution in [3.05, 3.63) is 54.0 Å². The molecule has 0 atom stereocenters. The minimum absolute atomic E-state index is 0.149. The molecule has 0 saturated carbocycles. The summed E-state index contributed by atoms with van der Waals surface area (Å²) in [6.07, 6.45) is 1.56. The van der Waals surface area contributed by atoms with E-state index in [-0.39, 0.29) is 11.5 Å². The second kappa shape index (κ2) is 5.73. The largest absolute Gasteiger partial charge is 0.277 e. The molecule has 0 unspecified atom stereocenters. The van der Waals surface area contributed by atoms with Crippen LogP contribution in [0.3, 0.4) is 0 Å². The Morgan fingerprint density at radius 2 is 1.88 bits per heavy atom. The Labute approximate surface area is 141 Å². The van der Waals surface area contributed by atoms with E-state index in [1.54, 1.807) is 22.8 Å². The normalized spacial score (nSPS) is 11.6. The molecule has 3 aromatic heterocycles. The quantitative estimate of drug-likeness (QED) is 0.619. The van der Waals surface area contributed by atoms with Crippen molar-refractivity contribution in [1.82, 2.24) is 30.0 Å². The van der Waals surface area contributed by atoms with E-state index in [9.17, 15) is 8.78 Å². The second-order valence-electron chi connectivity index (χ2n) is 5.98. The van der Waals surface area contributed by atoms with Gasteiger partial charge in [0, 0.05) is 23.1 Å². The van der Waals surface area contributed by atoms with E-state index in [2.05, 4.69) is 25.5 Å². The number of H-pyrrole nitrogens is 1. The van der Waals surface area contributed by atoms with E-state index in [1.807, 2.05) is 13.8 Å². The Morgan fingerprint density at radius 3 is 2.64 bits per heavy atom. The number of benzene rings is 1. The Bertz CT molecular complexity index is 1070. The number of nitrogens with one attached hydrogen (secondary N) is 1. The van der Waals surface area contributed by atoms with Crippen molar-refractivity contribution in [3.63, 3.8) is 0 Å². The predicted octanol–water partition coefficient (Wildman–Crippen LogP) is 3.58. The van der Waals surface area contributed by atoms with E-state index in [0.29, 0.717) is 22.6 Å². The van der Waals surface area contributed by atoms with Gasteiger partial charge in [0.15, 0.2) is 11.5 Å². The van der Waals surface area contributed by atoms with E-state index in [0.717, 1.165) is 11.9 Å². The smallest absolute Gasteiger partial charge is 0.177 e. The summed E-state index contributed by atoms with van der Waals surface area (Å²) < 4.78 is 29.0. The standard InChI is InChI=1S/C17H14F2N6/c1-9(2)17-23-21-15-6-5-14(24-25(15)17)12-8-20-22-16(12)11-4-3-10(18)7-13(11)19/h3-9H,1-2H3,(H,20,22). The fraction of sp³-hybridized carbons (Fsp3) is 0.176. The molecule has 3 heterocycles. The lowest BCUT2D eigenvalue weighted by Gasteiger charge is -2.06. The summed E-state index contributed by atoms with van der Waals surface area (Å²) in [7, 11) is 0. The highest BCUT2D eigenvalue weighted by molar-refractivity contribution is 5.78. The number of fused-ring (bicyclic) bond motifs is 1. The van der Waals surface area contributed by atoms with E-state index >= 15 is 0 Å². The maximum atomic E-state index is 14.1. The van der Waals surface area contributed by atoms with Gasteiger partial charge < -0.3 is 0 Å². The molecule has 0 aliphatic carbocycles. The highest BCUT2D eigenvalue weighted by atomic mass is 19.1. The molecule has 0 fully saturated rings. The van der Waals surface area contributed by atoms with Crippen molar-refractivity contribution in [2.24, 2.45) is 0 Å². The zero-order valence-corrected chi connectivity index (χ0v) is 13.5. The average Bonchev–Trinajstić information content (AvgIpc) is 3.20. The lowest BCUT2D eigenvalue weighted by atomic mass is 10.1. The zero-order valence-electron chi connectivity index (χ0n) is 13.5. The van der Waals surface area contributed by atoms with Gasteiger partial charge in [-0.3, -0.25) is 5.10 Å². The van der Waals surface area contributed by atoms with Gasteiger partial charge in [0.2, 0.25) is 0 Å². The van der Waals surface area contributed by atoms with Crippen LogP contribution in [0.5, 0.6) is 0 Å². The van der Waals surface area contributed by atoms with E-state index in [1.165, 1.54) is 12.1 Å². The number of hydrogen-bond donors (Lipinski definition) is 1. The van der Waals surface area contributed by atoms with Crippen molar-refractivity contribution in [3.8, 4) is 22.5 Å². The number of nitrogens with zero attached hydrogens (tertiary/aromatic N) is 5. The number of aromatic amines is 1. The molecule has 0 spiro atoms. The van der Waals surface area contributed by atoms with Gasteiger partial charge in [-0.1, -0.05) is 13.8 Å². The van der Waals surface area contributed by atoms with Crippen molar-refractivity contribution < 1.29 is 8.78 Å². The highest BCUT2D eigenvalue weighted by Crippen LogP contribution is 2.31. The van der Waals surface area contributed by atoms with Gasteiger partial charge in [0.25, 0.3) is 0 Å². The zero-order chi connectivity index (χ0) is 17.6. The van der Waals surface area contributed by atoms with Crippen LogP contribution in [-0.2, 0) is 0 Å². The van der Waals surface area contributed by atoms with Gasteiger partial charge in [0.1, 0.15) is 11.6 Å². The van der Waals surface area contributed by atoms with Gasteiger partial charge in [-0.15, -0.1) is 10.2 Å². The Hall–Kier alpha value is -3.16.